The molecule has 1 unspecified atom stereocenters. The second-order valence-electron chi connectivity index (χ2n) is 4.58. The van der Waals surface area contributed by atoms with Gasteiger partial charge < -0.3 is 14.6 Å². The lowest BCUT2D eigenvalue weighted by Crippen LogP contribution is -2.32. The van der Waals surface area contributed by atoms with Crippen LogP contribution in [0.25, 0.3) is 0 Å². The maximum atomic E-state index is 5.85. The topological polar surface area (TPSA) is 33.7 Å². The van der Waals surface area contributed by atoms with Crippen LogP contribution >= 0.6 is 8.30 Å². The monoisotopic (exact) mass is 280 g/mol. The lowest BCUT2D eigenvalue weighted by molar-refractivity contribution is 0.102. The lowest BCUT2D eigenvalue weighted by Gasteiger charge is -2.35. The molecule has 0 aliphatic carbocycles. The van der Waals surface area contributed by atoms with Crippen LogP contribution in [0.5, 0.6) is 0 Å². The number of hydrogen-bond acceptors (Lipinski definition) is 4. The first-order chi connectivity index (χ1) is 8.00. The number of hydrogen-bond donors (Lipinski definition) is 1. The van der Waals surface area contributed by atoms with Gasteiger partial charge in [-0.15, -0.1) is 0 Å². The fourth-order valence-electron chi connectivity index (χ4n) is 1.82. The van der Waals surface area contributed by atoms with Crippen LogP contribution in [-0.4, -0.2) is 56.8 Å². The zero-order valence-corrected chi connectivity index (χ0v) is 13.1. The second-order valence-corrected chi connectivity index (χ2v) is 6.23. The first-order valence-electron chi connectivity index (χ1n) is 6.38. The molecule has 0 spiro atoms. The first-order valence-corrected chi connectivity index (χ1v) is 8.03. The molecule has 0 aliphatic heterocycles. The van der Waals surface area contributed by atoms with Crippen molar-refractivity contribution in [2.75, 3.05) is 40.1 Å². The SMILES string of the molecule is C.CNCCOCCOP(C)N(C(C)C)C(C)C. The summed E-state index contributed by atoms with van der Waals surface area (Å²) in [4.78, 5) is 0. The maximum Gasteiger partial charge on any atom is 0.101 e. The van der Waals surface area contributed by atoms with Crippen molar-refractivity contribution in [1.29, 1.82) is 0 Å². The number of nitrogens with one attached hydrogen (secondary N) is 1. The summed E-state index contributed by atoms with van der Waals surface area (Å²) in [6.07, 6.45) is 0. The van der Waals surface area contributed by atoms with Gasteiger partial charge in [-0.1, -0.05) is 7.43 Å². The van der Waals surface area contributed by atoms with E-state index in [0.29, 0.717) is 25.3 Å². The molecule has 0 aromatic carbocycles. The summed E-state index contributed by atoms with van der Waals surface area (Å²) < 4.78 is 13.7. The van der Waals surface area contributed by atoms with Crippen LogP contribution in [0.4, 0.5) is 0 Å². The van der Waals surface area contributed by atoms with Gasteiger partial charge in [0.25, 0.3) is 0 Å². The zero-order chi connectivity index (χ0) is 13.3. The summed E-state index contributed by atoms with van der Waals surface area (Å²) in [5, 5.41) is 3.05. The molecule has 0 bridgehead atoms. The third-order valence-corrected chi connectivity index (χ3v) is 4.52. The molecule has 1 atom stereocenters. The average Bonchev–Trinajstić information content (AvgIpc) is 2.22. The molecule has 5 heteroatoms. The normalized spacial score (nSPS) is 13.2. The molecule has 1 N–H and O–H groups in total. The van der Waals surface area contributed by atoms with Gasteiger partial charge in [0.1, 0.15) is 8.30 Å². The third-order valence-electron chi connectivity index (χ3n) is 2.39. The van der Waals surface area contributed by atoms with Gasteiger partial charge in [0.2, 0.25) is 0 Å². The summed E-state index contributed by atoms with van der Waals surface area (Å²) in [7, 11) is 1.42. The highest BCUT2D eigenvalue weighted by atomic mass is 31.2. The van der Waals surface area contributed by atoms with Crippen LogP contribution in [0.2, 0.25) is 0 Å². The highest BCUT2D eigenvalue weighted by Crippen LogP contribution is 2.40. The predicted molar refractivity (Wildman–Crippen MR) is 82.4 cm³/mol. The van der Waals surface area contributed by atoms with Crippen molar-refractivity contribution in [3.63, 3.8) is 0 Å². The molecule has 0 fully saturated rings. The number of likely N-dealkylation sites (N-methyl/N-ethyl adjacent to an activating group) is 1. The summed E-state index contributed by atoms with van der Waals surface area (Å²) in [5.41, 5.74) is 0. The van der Waals surface area contributed by atoms with Gasteiger partial charge in [0.05, 0.1) is 19.8 Å². The largest absolute Gasteiger partial charge is 0.378 e. The lowest BCUT2D eigenvalue weighted by atomic mass is 10.3. The molecule has 0 heterocycles. The standard InChI is InChI=1S/C12H29N2O2P.CH4/c1-11(2)14(12(3)4)17(6)16-10-9-15-8-7-13-5;/h11-13H,7-10H2,1-6H3;1H4. The number of nitrogens with zero attached hydrogens (tertiary/aromatic N) is 1. The molecule has 0 rings (SSSR count). The summed E-state index contributed by atoms with van der Waals surface area (Å²) in [5.74, 6) is 0. The Balaban J connectivity index is 0. The van der Waals surface area contributed by atoms with Crippen molar-refractivity contribution in [2.45, 2.75) is 47.2 Å². The maximum absolute atomic E-state index is 5.85. The van der Waals surface area contributed by atoms with E-state index in [0.717, 1.165) is 13.2 Å². The van der Waals surface area contributed by atoms with Crippen LogP contribution < -0.4 is 5.32 Å². The van der Waals surface area contributed by atoms with Gasteiger partial charge in [-0.25, -0.2) is 0 Å². The van der Waals surface area contributed by atoms with E-state index in [-0.39, 0.29) is 7.43 Å². The van der Waals surface area contributed by atoms with Gasteiger partial charge in [-0.05, 0) is 41.4 Å². The van der Waals surface area contributed by atoms with Gasteiger partial charge >= 0.3 is 0 Å². The van der Waals surface area contributed by atoms with Crippen LogP contribution in [0, 0.1) is 0 Å². The fraction of sp³-hybridized carbons (Fsp3) is 1.00. The van der Waals surface area contributed by atoms with Crippen molar-refractivity contribution in [3.8, 4) is 0 Å². The Morgan fingerprint density at radius 1 is 1.06 bits per heavy atom. The molecule has 0 aromatic heterocycles. The molecule has 0 amide bonds. The summed E-state index contributed by atoms with van der Waals surface area (Å²) in [6.45, 7) is 14.0. The van der Waals surface area contributed by atoms with Crippen LogP contribution in [0.15, 0.2) is 0 Å². The van der Waals surface area contributed by atoms with E-state index >= 15 is 0 Å². The Hall–Kier alpha value is 0.270. The van der Waals surface area contributed by atoms with Crippen LogP contribution in [0.3, 0.4) is 0 Å². The minimum atomic E-state index is -0.510. The first kappa shape index (κ1) is 20.6. The zero-order valence-electron chi connectivity index (χ0n) is 12.2. The van der Waals surface area contributed by atoms with E-state index in [2.05, 4.69) is 44.3 Å². The Morgan fingerprint density at radius 3 is 2.06 bits per heavy atom. The smallest absolute Gasteiger partial charge is 0.101 e. The molecule has 0 saturated heterocycles. The quantitative estimate of drug-likeness (QED) is 0.493. The van der Waals surface area contributed by atoms with Gasteiger partial charge in [0, 0.05) is 18.6 Å². The minimum absolute atomic E-state index is 0. The second kappa shape index (κ2) is 12.3. The van der Waals surface area contributed by atoms with Gasteiger partial charge in [0.15, 0.2) is 0 Å². The highest BCUT2D eigenvalue weighted by Gasteiger charge is 2.20. The number of rotatable bonds is 10. The average molecular weight is 280 g/mol. The fourth-order valence-corrected chi connectivity index (χ4v) is 3.59. The molecule has 0 aliphatic rings. The molecule has 0 saturated carbocycles. The molecule has 4 nitrogen and oxygen atoms in total. The minimum Gasteiger partial charge on any atom is -0.378 e. The Morgan fingerprint density at radius 2 is 1.61 bits per heavy atom. The molecule has 0 radical (unpaired) electrons. The van der Waals surface area contributed by atoms with E-state index in [1.54, 1.807) is 0 Å². The summed E-state index contributed by atoms with van der Waals surface area (Å²) in [6, 6.07) is 1.05. The Labute approximate surface area is 115 Å². The summed E-state index contributed by atoms with van der Waals surface area (Å²) >= 11 is 0. The van der Waals surface area contributed by atoms with Crippen LogP contribution in [0.1, 0.15) is 35.1 Å². The third kappa shape index (κ3) is 9.23. The van der Waals surface area contributed by atoms with Gasteiger partial charge in [-0.3, -0.25) is 4.67 Å². The molecule has 112 valence electrons. The molecule has 18 heavy (non-hydrogen) atoms. The van der Waals surface area contributed by atoms with E-state index in [1.807, 2.05) is 7.05 Å². The Bertz CT molecular complexity index is 172. The molecule has 0 aromatic rings. The van der Waals surface area contributed by atoms with Crippen molar-refractivity contribution >= 4 is 8.30 Å². The molecular formula is C13H33N2O2P. The van der Waals surface area contributed by atoms with Crippen LogP contribution in [-0.2, 0) is 9.26 Å². The van der Waals surface area contributed by atoms with E-state index in [4.69, 9.17) is 9.26 Å². The van der Waals surface area contributed by atoms with Crippen molar-refractivity contribution in [3.05, 3.63) is 0 Å². The molecular weight excluding hydrogens is 247 g/mol. The highest BCUT2D eigenvalue weighted by molar-refractivity contribution is 7.49. The number of ether oxygens (including phenoxy) is 1. The van der Waals surface area contributed by atoms with E-state index in [9.17, 15) is 0 Å². The predicted octanol–water partition coefficient (Wildman–Crippen LogP) is 2.94. The Kier molecular flexibility index (Phi) is 14.1. The van der Waals surface area contributed by atoms with Crippen molar-refractivity contribution in [1.82, 2.24) is 9.99 Å². The van der Waals surface area contributed by atoms with Crippen molar-refractivity contribution in [2.24, 2.45) is 0 Å². The van der Waals surface area contributed by atoms with Crippen molar-refractivity contribution < 1.29 is 9.26 Å². The van der Waals surface area contributed by atoms with Gasteiger partial charge in [-0.2, -0.15) is 0 Å². The van der Waals surface area contributed by atoms with E-state index in [1.165, 1.54) is 0 Å². The van der Waals surface area contributed by atoms with E-state index < -0.39 is 8.30 Å².